The molecule has 0 aliphatic rings. The molecule has 0 aliphatic carbocycles. The van der Waals surface area contributed by atoms with Crippen molar-refractivity contribution < 1.29 is 9.53 Å². The van der Waals surface area contributed by atoms with Gasteiger partial charge in [0.15, 0.2) is 0 Å². The van der Waals surface area contributed by atoms with Crippen LogP contribution in [0, 0.1) is 5.41 Å². The number of nitrogens with two attached hydrogens (primary N) is 1. The molecule has 1 heterocycles. The summed E-state index contributed by atoms with van der Waals surface area (Å²) in [5.74, 6) is 0.786. The van der Waals surface area contributed by atoms with E-state index in [-0.39, 0.29) is 5.97 Å². The Kier molecular flexibility index (Phi) is 4.52. The van der Waals surface area contributed by atoms with Gasteiger partial charge >= 0.3 is 5.97 Å². The minimum atomic E-state index is -0.580. The molecular formula is C16H22N2O2S. The van der Waals surface area contributed by atoms with Crippen LogP contribution in [0.3, 0.4) is 0 Å². The fraction of sp³-hybridized carbons (Fsp3) is 0.438. The van der Waals surface area contributed by atoms with Gasteiger partial charge in [-0.15, -0.1) is 11.8 Å². The highest BCUT2D eigenvalue weighted by Crippen LogP contribution is 2.32. The number of fused-ring (bicyclic) bond motifs is 1. The normalized spacial score (nSPS) is 11.8. The molecule has 5 heteroatoms. The molecule has 21 heavy (non-hydrogen) atoms. The number of nitrogen functional groups attached to an aromatic ring is 1. The summed E-state index contributed by atoms with van der Waals surface area (Å²) >= 11 is 1.78. The molecule has 2 N–H and O–H groups in total. The van der Waals surface area contributed by atoms with Crippen LogP contribution in [0.25, 0.3) is 10.9 Å². The lowest BCUT2D eigenvalue weighted by Gasteiger charge is -2.22. The van der Waals surface area contributed by atoms with E-state index in [9.17, 15) is 4.79 Å². The zero-order valence-electron chi connectivity index (χ0n) is 13.0. The van der Waals surface area contributed by atoms with Crippen molar-refractivity contribution in [3.05, 3.63) is 24.4 Å². The molecule has 0 radical (unpaired) electrons. The first kappa shape index (κ1) is 15.8. The van der Waals surface area contributed by atoms with Crippen LogP contribution in [0.4, 0.5) is 5.69 Å². The Bertz CT molecular complexity index is 662. The number of nitrogens with zero attached hydrogens (tertiary/aromatic N) is 1. The van der Waals surface area contributed by atoms with E-state index in [1.807, 2.05) is 32.2 Å². The van der Waals surface area contributed by atoms with Gasteiger partial charge in [-0.05, 0) is 37.8 Å². The summed E-state index contributed by atoms with van der Waals surface area (Å²) in [6.07, 6.45) is 2.01. The standard InChI is InChI=1S/C16H22N2O2S/c1-5-21-14-9-11(17)8-13-12(14)6-7-18(13)10-16(2,3)15(19)20-4/h6-9H,5,10,17H2,1-4H3. The molecule has 0 amide bonds. The maximum Gasteiger partial charge on any atom is 0.313 e. The summed E-state index contributed by atoms with van der Waals surface area (Å²) in [7, 11) is 1.42. The third-order valence-corrected chi connectivity index (χ3v) is 4.41. The van der Waals surface area contributed by atoms with Gasteiger partial charge in [0.05, 0.1) is 18.0 Å². The van der Waals surface area contributed by atoms with Crippen LogP contribution in [0.2, 0.25) is 0 Å². The first-order valence-electron chi connectivity index (χ1n) is 6.98. The molecule has 0 aliphatic heterocycles. The lowest BCUT2D eigenvalue weighted by molar-refractivity contribution is -0.151. The molecule has 1 aromatic heterocycles. The van der Waals surface area contributed by atoms with Gasteiger partial charge < -0.3 is 15.0 Å². The average Bonchev–Trinajstić information content (AvgIpc) is 2.80. The summed E-state index contributed by atoms with van der Waals surface area (Å²) in [4.78, 5) is 13.1. The second-order valence-corrected chi connectivity index (χ2v) is 7.01. The van der Waals surface area contributed by atoms with Crippen molar-refractivity contribution in [2.75, 3.05) is 18.6 Å². The maximum atomic E-state index is 11.9. The predicted molar refractivity (Wildman–Crippen MR) is 88.5 cm³/mol. The average molecular weight is 306 g/mol. The molecule has 4 nitrogen and oxygen atoms in total. The Balaban J connectivity index is 2.45. The minimum absolute atomic E-state index is 0.212. The van der Waals surface area contributed by atoms with E-state index < -0.39 is 5.41 Å². The van der Waals surface area contributed by atoms with Crippen molar-refractivity contribution in [3.8, 4) is 0 Å². The molecule has 2 rings (SSSR count). The van der Waals surface area contributed by atoms with Gasteiger partial charge in [-0.25, -0.2) is 0 Å². The number of carbonyl (C=O) groups excluding carboxylic acids is 1. The molecule has 0 saturated heterocycles. The third kappa shape index (κ3) is 3.18. The lowest BCUT2D eigenvalue weighted by atomic mass is 9.93. The monoisotopic (exact) mass is 306 g/mol. The number of carbonyl (C=O) groups is 1. The predicted octanol–water partition coefficient (Wildman–Crippen LogP) is 3.53. The van der Waals surface area contributed by atoms with Gasteiger partial charge in [0.1, 0.15) is 0 Å². The number of esters is 1. The van der Waals surface area contributed by atoms with E-state index >= 15 is 0 Å². The number of benzene rings is 1. The fourth-order valence-corrected chi connectivity index (χ4v) is 3.32. The topological polar surface area (TPSA) is 57.2 Å². The number of methoxy groups -OCH3 is 1. The minimum Gasteiger partial charge on any atom is -0.469 e. The Morgan fingerprint density at radius 2 is 2.14 bits per heavy atom. The molecular weight excluding hydrogens is 284 g/mol. The highest BCUT2D eigenvalue weighted by atomic mass is 32.2. The molecule has 0 bridgehead atoms. The van der Waals surface area contributed by atoms with Crippen molar-refractivity contribution in [2.24, 2.45) is 5.41 Å². The van der Waals surface area contributed by atoms with Crippen LogP contribution in [0.15, 0.2) is 29.3 Å². The van der Waals surface area contributed by atoms with Crippen LogP contribution in [-0.2, 0) is 16.1 Å². The van der Waals surface area contributed by atoms with E-state index in [0.717, 1.165) is 17.0 Å². The lowest BCUT2D eigenvalue weighted by Crippen LogP contribution is -2.30. The molecule has 0 saturated carbocycles. The highest BCUT2D eigenvalue weighted by Gasteiger charge is 2.29. The zero-order valence-corrected chi connectivity index (χ0v) is 13.8. The second-order valence-electron chi connectivity index (χ2n) is 5.70. The van der Waals surface area contributed by atoms with Crippen LogP contribution < -0.4 is 5.73 Å². The Morgan fingerprint density at radius 3 is 2.76 bits per heavy atom. The summed E-state index contributed by atoms with van der Waals surface area (Å²) in [5, 5.41) is 1.18. The molecule has 0 unspecified atom stereocenters. The van der Waals surface area contributed by atoms with Gasteiger partial charge in [-0.2, -0.15) is 0 Å². The van der Waals surface area contributed by atoms with Crippen LogP contribution in [-0.4, -0.2) is 23.4 Å². The summed E-state index contributed by atoms with van der Waals surface area (Å²) in [6, 6.07) is 6.05. The largest absolute Gasteiger partial charge is 0.469 e. The van der Waals surface area contributed by atoms with Gasteiger partial charge in [-0.3, -0.25) is 4.79 Å². The Labute approximate surface area is 129 Å². The number of anilines is 1. The molecule has 0 atom stereocenters. The second kappa shape index (κ2) is 6.02. The van der Waals surface area contributed by atoms with Crippen LogP contribution >= 0.6 is 11.8 Å². The number of thioether (sulfide) groups is 1. The molecule has 1 aromatic carbocycles. The smallest absolute Gasteiger partial charge is 0.313 e. The number of hydrogen-bond acceptors (Lipinski definition) is 4. The van der Waals surface area contributed by atoms with E-state index in [1.54, 1.807) is 11.8 Å². The van der Waals surface area contributed by atoms with E-state index in [1.165, 1.54) is 17.4 Å². The van der Waals surface area contributed by atoms with Crippen LogP contribution in [0.5, 0.6) is 0 Å². The first-order chi connectivity index (χ1) is 9.89. The number of aromatic nitrogens is 1. The summed E-state index contributed by atoms with van der Waals surface area (Å²) in [6.45, 7) is 6.46. The van der Waals surface area contributed by atoms with Gasteiger partial charge in [-0.1, -0.05) is 6.92 Å². The number of rotatable bonds is 5. The van der Waals surface area contributed by atoms with E-state index in [4.69, 9.17) is 10.5 Å². The number of hydrogen-bond donors (Lipinski definition) is 1. The van der Waals surface area contributed by atoms with Gasteiger partial charge in [0.25, 0.3) is 0 Å². The van der Waals surface area contributed by atoms with Crippen molar-refractivity contribution in [1.82, 2.24) is 4.57 Å². The first-order valence-corrected chi connectivity index (χ1v) is 7.97. The Hall–Kier alpha value is -1.62. The van der Waals surface area contributed by atoms with Crippen molar-refractivity contribution in [3.63, 3.8) is 0 Å². The SMILES string of the molecule is CCSc1cc(N)cc2c1ccn2CC(C)(C)C(=O)OC. The Morgan fingerprint density at radius 1 is 1.43 bits per heavy atom. The summed E-state index contributed by atoms with van der Waals surface area (Å²) < 4.78 is 6.95. The molecule has 2 aromatic rings. The zero-order chi connectivity index (χ0) is 15.6. The van der Waals surface area contributed by atoms with Crippen molar-refractivity contribution in [2.45, 2.75) is 32.2 Å². The van der Waals surface area contributed by atoms with Gasteiger partial charge in [0, 0.05) is 28.7 Å². The van der Waals surface area contributed by atoms with Crippen molar-refractivity contribution in [1.29, 1.82) is 0 Å². The summed E-state index contributed by atoms with van der Waals surface area (Å²) in [5.41, 5.74) is 7.24. The van der Waals surface area contributed by atoms with Crippen molar-refractivity contribution >= 4 is 34.3 Å². The molecule has 0 fully saturated rings. The maximum absolute atomic E-state index is 11.9. The quantitative estimate of drug-likeness (QED) is 0.521. The highest BCUT2D eigenvalue weighted by molar-refractivity contribution is 7.99. The fourth-order valence-electron chi connectivity index (χ4n) is 2.46. The number of ether oxygens (including phenoxy) is 1. The van der Waals surface area contributed by atoms with E-state index in [0.29, 0.717) is 6.54 Å². The van der Waals surface area contributed by atoms with Gasteiger partial charge in [0.2, 0.25) is 0 Å². The third-order valence-electron chi connectivity index (χ3n) is 3.48. The molecule has 0 spiro atoms. The van der Waals surface area contributed by atoms with Crippen LogP contribution in [0.1, 0.15) is 20.8 Å². The molecule has 114 valence electrons. The van der Waals surface area contributed by atoms with E-state index in [2.05, 4.69) is 17.6 Å².